The molecule has 6 heteroatoms. The first-order valence-corrected chi connectivity index (χ1v) is 8.80. The number of hydrogen-bond acceptors (Lipinski definition) is 3. The van der Waals surface area contributed by atoms with Crippen molar-refractivity contribution < 1.29 is 9.47 Å². The first kappa shape index (κ1) is 18.8. The van der Waals surface area contributed by atoms with E-state index in [0.717, 1.165) is 15.7 Å². The summed E-state index contributed by atoms with van der Waals surface area (Å²) < 4.78 is 11.9. The smallest absolute Gasteiger partial charge is 0.181 e. The summed E-state index contributed by atoms with van der Waals surface area (Å²) in [5, 5.41) is 4.40. The molecule has 0 aliphatic carbocycles. The minimum Gasteiger partial charge on any atom is -0.490 e. The molecule has 0 saturated heterocycles. The topological polar surface area (TPSA) is 30.5 Å². The Hall–Kier alpha value is -1.54. The lowest BCUT2D eigenvalue weighted by Crippen LogP contribution is -2.04. The van der Waals surface area contributed by atoms with E-state index < -0.39 is 0 Å². The van der Waals surface area contributed by atoms with E-state index in [-0.39, 0.29) is 6.61 Å². The molecule has 0 radical (unpaired) electrons. The van der Waals surface area contributed by atoms with Crippen LogP contribution >= 0.6 is 39.1 Å². The van der Waals surface area contributed by atoms with Crippen LogP contribution in [-0.2, 0) is 6.54 Å². The minimum atomic E-state index is 0.134. The molecule has 0 heterocycles. The molecule has 126 valence electrons. The van der Waals surface area contributed by atoms with Gasteiger partial charge in [-0.25, -0.2) is 0 Å². The quantitative estimate of drug-likeness (QED) is 0.567. The zero-order valence-electron chi connectivity index (χ0n) is 13.0. The number of hydrogen-bond donors (Lipinski definition) is 1. The second kappa shape index (κ2) is 9.08. The van der Waals surface area contributed by atoms with Gasteiger partial charge in [-0.05, 0) is 58.7 Å². The van der Waals surface area contributed by atoms with E-state index in [2.05, 4.69) is 27.2 Å². The third-order valence-electron chi connectivity index (χ3n) is 3.09. The normalized spacial score (nSPS) is 10.1. The van der Waals surface area contributed by atoms with E-state index in [1.807, 2.05) is 37.3 Å². The van der Waals surface area contributed by atoms with Crippen molar-refractivity contribution in [2.75, 3.05) is 18.5 Å². The molecule has 2 aromatic carbocycles. The molecule has 0 fully saturated rings. The van der Waals surface area contributed by atoms with Crippen LogP contribution in [0.3, 0.4) is 0 Å². The van der Waals surface area contributed by atoms with Gasteiger partial charge in [-0.2, -0.15) is 0 Å². The number of rotatable bonds is 7. The Kier molecular flexibility index (Phi) is 7.11. The molecular weight excluding hydrogens is 413 g/mol. The lowest BCUT2D eigenvalue weighted by atomic mass is 10.2. The van der Waals surface area contributed by atoms with E-state index in [4.69, 9.17) is 39.1 Å². The maximum absolute atomic E-state index is 6.31. The Balaban J connectivity index is 2.17. The molecular formula is C18H16BrCl2NO2. The molecule has 0 aliphatic rings. The zero-order chi connectivity index (χ0) is 17.5. The average Bonchev–Trinajstić information content (AvgIpc) is 2.55. The summed E-state index contributed by atoms with van der Waals surface area (Å²) in [7, 11) is 0. The van der Waals surface area contributed by atoms with Gasteiger partial charge in [0.25, 0.3) is 0 Å². The zero-order valence-corrected chi connectivity index (χ0v) is 16.1. The van der Waals surface area contributed by atoms with Gasteiger partial charge in [-0.15, -0.1) is 6.42 Å². The summed E-state index contributed by atoms with van der Waals surface area (Å²) in [6, 6.07) is 9.38. The van der Waals surface area contributed by atoms with E-state index in [0.29, 0.717) is 34.7 Å². The summed E-state index contributed by atoms with van der Waals surface area (Å²) in [5.74, 6) is 3.46. The molecule has 0 aliphatic heterocycles. The van der Waals surface area contributed by atoms with Crippen molar-refractivity contribution in [3.05, 3.63) is 50.4 Å². The van der Waals surface area contributed by atoms with E-state index in [1.54, 1.807) is 0 Å². The highest BCUT2D eigenvalue weighted by Gasteiger charge is 2.12. The van der Waals surface area contributed by atoms with Gasteiger partial charge in [-0.3, -0.25) is 0 Å². The highest BCUT2D eigenvalue weighted by Crippen LogP contribution is 2.37. The fraction of sp³-hybridized carbons (Fsp3) is 0.222. The summed E-state index contributed by atoms with van der Waals surface area (Å²) >= 11 is 15.8. The van der Waals surface area contributed by atoms with Crippen LogP contribution < -0.4 is 14.8 Å². The van der Waals surface area contributed by atoms with Gasteiger partial charge < -0.3 is 14.8 Å². The van der Waals surface area contributed by atoms with E-state index in [1.165, 1.54) is 0 Å². The van der Waals surface area contributed by atoms with Crippen molar-refractivity contribution in [1.82, 2.24) is 0 Å². The molecule has 0 bridgehead atoms. The fourth-order valence-electron chi connectivity index (χ4n) is 2.05. The molecule has 1 N–H and O–H groups in total. The first-order valence-electron chi connectivity index (χ1n) is 7.25. The maximum Gasteiger partial charge on any atom is 0.181 e. The van der Waals surface area contributed by atoms with Gasteiger partial charge in [-0.1, -0.05) is 29.1 Å². The van der Waals surface area contributed by atoms with E-state index in [9.17, 15) is 0 Å². The molecule has 3 nitrogen and oxygen atoms in total. The second-order valence-electron chi connectivity index (χ2n) is 4.81. The predicted molar refractivity (Wildman–Crippen MR) is 103 cm³/mol. The number of ether oxygens (including phenoxy) is 2. The Morgan fingerprint density at radius 2 is 1.96 bits per heavy atom. The lowest BCUT2D eigenvalue weighted by Gasteiger charge is -2.15. The monoisotopic (exact) mass is 427 g/mol. The number of halogens is 3. The SMILES string of the molecule is C#CCOc1c(Cl)cc(CNc2ccc(Br)c(Cl)c2)cc1OCC. The molecule has 0 spiro atoms. The van der Waals surface area contributed by atoms with Crippen molar-refractivity contribution in [2.24, 2.45) is 0 Å². The van der Waals surface area contributed by atoms with Gasteiger partial charge >= 0.3 is 0 Å². The van der Waals surface area contributed by atoms with Crippen LogP contribution in [0.1, 0.15) is 12.5 Å². The van der Waals surface area contributed by atoms with Crippen LogP contribution in [0.15, 0.2) is 34.8 Å². The Bertz CT molecular complexity index is 759. The number of nitrogens with one attached hydrogen (secondary N) is 1. The van der Waals surface area contributed by atoms with Crippen molar-refractivity contribution >= 4 is 44.8 Å². The number of benzene rings is 2. The highest BCUT2D eigenvalue weighted by atomic mass is 79.9. The summed E-state index contributed by atoms with van der Waals surface area (Å²) in [6.07, 6.45) is 5.23. The first-order chi connectivity index (χ1) is 11.5. The van der Waals surface area contributed by atoms with Gasteiger partial charge in [0.15, 0.2) is 11.5 Å². The van der Waals surface area contributed by atoms with E-state index >= 15 is 0 Å². The minimum absolute atomic E-state index is 0.134. The Morgan fingerprint density at radius 1 is 1.17 bits per heavy atom. The summed E-state index contributed by atoms with van der Waals surface area (Å²) in [4.78, 5) is 0. The molecule has 2 aromatic rings. The summed E-state index contributed by atoms with van der Waals surface area (Å²) in [5.41, 5.74) is 1.86. The van der Waals surface area contributed by atoms with Gasteiger partial charge in [0.05, 0.1) is 16.7 Å². The van der Waals surface area contributed by atoms with Crippen LogP contribution in [0.2, 0.25) is 10.0 Å². The summed E-state index contributed by atoms with van der Waals surface area (Å²) in [6.45, 7) is 3.09. The van der Waals surface area contributed by atoms with Crippen molar-refractivity contribution in [3.8, 4) is 23.8 Å². The molecule has 0 saturated carbocycles. The van der Waals surface area contributed by atoms with Crippen molar-refractivity contribution in [3.63, 3.8) is 0 Å². The predicted octanol–water partition coefficient (Wildman–Crippen LogP) is 5.78. The Morgan fingerprint density at radius 3 is 2.62 bits per heavy atom. The number of anilines is 1. The van der Waals surface area contributed by atoms with Crippen LogP contribution in [0, 0.1) is 12.3 Å². The van der Waals surface area contributed by atoms with Gasteiger partial charge in [0.1, 0.15) is 6.61 Å². The Labute approximate surface area is 160 Å². The molecule has 24 heavy (non-hydrogen) atoms. The standard InChI is InChI=1S/C18H16BrCl2NO2/c1-3-7-24-18-16(21)8-12(9-17(18)23-4-2)11-22-13-5-6-14(19)15(20)10-13/h1,5-6,8-10,22H,4,7,11H2,2H3. The highest BCUT2D eigenvalue weighted by molar-refractivity contribution is 9.10. The number of terminal acetylenes is 1. The molecule has 0 unspecified atom stereocenters. The average molecular weight is 429 g/mol. The molecule has 0 atom stereocenters. The van der Waals surface area contributed by atoms with Gasteiger partial charge in [0, 0.05) is 16.7 Å². The van der Waals surface area contributed by atoms with Crippen LogP contribution in [0.4, 0.5) is 5.69 Å². The fourth-order valence-corrected chi connectivity index (χ4v) is 2.77. The molecule has 2 rings (SSSR count). The van der Waals surface area contributed by atoms with Crippen molar-refractivity contribution in [2.45, 2.75) is 13.5 Å². The largest absolute Gasteiger partial charge is 0.490 e. The lowest BCUT2D eigenvalue weighted by molar-refractivity contribution is 0.299. The van der Waals surface area contributed by atoms with Crippen LogP contribution in [0.25, 0.3) is 0 Å². The van der Waals surface area contributed by atoms with Gasteiger partial charge in [0.2, 0.25) is 0 Å². The van der Waals surface area contributed by atoms with Crippen molar-refractivity contribution in [1.29, 1.82) is 0 Å². The molecule has 0 amide bonds. The second-order valence-corrected chi connectivity index (χ2v) is 6.48. The third kappa shape index (κ3) is 4.98. The third-order valence-corrected chi connectivity index (χ3v) is 4.60. The maximum atomic E-state index is 6.31. The van der Waals surface area contributed by atoms with Crippen LogP contribution in [-0.4, -0.2) is 13.2 Å². The van der Waals surface area contributed by atoms with Crippen LogP contribution in [0.5, 0.6) is 11.5 Å². The molecule has 0 aromatic heterocycles.